The highest BCUT2D eigenvalue weighted by Crippen LogP contribution is 2.10. The standard InChI is InChI=1S/C5H12O2.C4H11N.C2H4O2/c1-5(2,3-6)4-7;1-3-5-4-2;1-2(3)4/h6-7H,3-4H2,1-2H3;5H,3-4H2,1-2H3;1H3,(H,3,4). The fourth-order valence-corrected chi connectivity index (χ4v) is 0.339. The van der Waals surface area contributed by atoms with Crippen LogP contribution in [-0.4, -0.2) is 42.5 Å². The summed E-state index contributed by atoms with van der Waals surface area (Å²) >= 11 is 0. The lowest BCUT2D eigenvalue weighted by molar-refractivity contribution is -0.648. The maximum absolute atomic E-state index is 8.89. The van der Waals surface area contributed by atoms with E-state index in [0.29, 0.717) is 0 Å². The van der Waals surface area contributed by atoms with Gasteiger partial charge in [-0.15, -0.1) is 0 Å². The number of hydrogen-bond acceptors (Lipinski definition) is 4. The summed E-state index contributed by atoms with van der Waals surface area (Å²) in [6.07, 6.45) is 0. The van der Waals surface area contributed by atoms with E-state index in [0.717, 1.165) is 6.92 Å². The van der Waals surface area contributed by atoms with Gasteiger partial charge in [0.15, 0.2) is 0 Å². The van der Waals surface area contributed by atoms with Crippen molar-refractivity contribution in [3.63, 3.8) is 0 Å². The molecule has 0 radical (unpaired) electrons. The molecule has 0 spiro atoms. The van der Waals surface area contributed by atoms with E-state index in [-0.39, 0.29) is 18.6 Å². The Morgan fingerprint density at radius 3 is 1.44 bits per heavy atom. The molecule has 4 N–H and O–H groups in total. The Kier molecular flexibility index (Phi) is 18.6. The van der Waals surface area contributed by atoms with Crippen molar-refractivity contribution in [2.24, 2.45) is 5.41 Å². The van der Waals surface area contributed by atoms with Crippen LogP contribution in [0, 0.1) is 5.41 Å². The minimum Gasteiger partial charge on any atom is -0.550 e. The minimum atomic E-state index is -1.08. The first-order chi connectivity index (χ1) is 7.27. The van der Waals surface area contributed by atoms with Crippen LogP contribution < -0.4 is 10.4 Å². The molecular weight excluding hydrogens is 210 g/mol. The molecule has 0 amide bonds. The van der Waals surface area contributed by atoms with Crippen molar-refractivity contribution in [3.05, 3.63) is 0 Å². The normalized spacial score (nSPS) is 9.44. The Morgan fingerprint density at radius 2 is 1.44 bits per heavy atom. The number of nitrogens with two attached hydrogens (primary N) is 1. The Morgan fingerprint density at radius 1 is 1.19 bits per heavy atom. The summed E-state index contributed by atoms with van der Waals surface area (Å²) in [4.78, 5) is 8.89. The summed E-state index contributed by atoms with van der Waals surface area (Å²) < 4.78 is 0. The average Bonchev–Trinajstić information content (AvgIpc) is 2.19. The second-order valence-electron chi connectivity index (χ2n) is 4.08. The molecule has 0 saturated carbocycles. The van der Waals surface area contributed by atoms with E-state index >= 15 is 0 Å². The number of aliphatic hydroxyl groups is 2. The zero-order valence-corrected chi connectivity index (χ0v) is 11.1. The quantitative estimate of drug-likeness (QED) is 0.545. The molecule has 16 heavy (non-hydrogen) atoms. The van der Waals surface area contributed by atoms with E-state index in [9.17, 15) is 0 Å². The predicted octanol–water partition coefficient (Wildman–Crippen LogP) is -1.66. The molecule has 0 aromatic rings. The highest BCUT2D eigenvalue weighted by molar-refractivity contribution is 5.60. The van der Waals surface area contributed by atoms with E-state index in [4.69, 9.17) is 20.1 Å². The maximum atomic E-state index is 8.89. The number of carbonyl (C=O) groups excluding carboxylic acids is 1. The molecule has 0 aliphatic heterocycles. The van der Waals surface area contributed by atoms with Gasteiger partial charge in [0.1, 0.15) is 0 Å². The van der Waals surface area contributed by atoms with Crippen LogP contribution in [0.2, 0.25) is 0 Å². The molecule has 0 unspecified atom stereocenters. The Hall–Kier alpha value is -0.650. The number of carboxylic acid groups (broad SMARTS) is 1. The average molecular weight is 237 g/mol. The summed E-state index contributed by atoms with van der Waals surface area (Å²) in [6, 6.07) is 0. The first-order valence-corrected chi connectivity index (χ1v) is 5.48. The molecular formula is C11H27NO4. The van der Waals surface area contributed by atoms with E-state index in [1.807, 2.05) is 0 Å². The highest BCUT2D eigenvalue weighted by atomic mass is 16.4. The molecule has 100 valence electrons. The van der Waals surface area contributed by atoms with Gasteiger partial charge in [0.2, 0.25) is 0 Å². The predicted molar refractivity (Wildman–Crippen MR) is 61.6 cm³/mol. The van der Waals surface area contributed by atoms with E-state index in [2.05, 4.69) is 19.2 Å². The second-order valence-corrected chi connectivity index (χ2v) is 4.08. The largest absolute Gasteiger partial charge is 0.550 e. The van der Waals surface area contributed by atoms with Gasteiger partial charge in [-0.2, -0.15) is 0 Å². The van der Waals surface area contributed by atoms with Crippen molar-refractivity contribution in [2.75, 3.05) is 26.3 Å². The molecule has 5 nitrogen and oxygen atoms in total. The van der Waals surface area contributed by atoms with Crippen LogP contribution in [0.5, 0.6) is 0 Å². The number of carboxylic acids is 1. The van der Waals surface area contributed by atoms with Crippen molar-refractivity contribution in [3.8, 4) is 0 Å². The van der Waals surface area contributed by atoms with Crippen LogP contribution in [0.4, 0.5) is 0 Å². The van der Waals surface area contributed by atoms with E-state index < -0.39 is 5.97 Å². The lowest BCUT2D eigenvalue weighted by Gasteiger charge is -2.16. The highest BCUT2D eigenvalue weighted by Gasteiger charge is 2.13. The number of rotatable bonds is 4. The van der Waals surface area contributed by atoms with Crippen LogP contribution in [0.1, 0.15) is 34.6 Å². The maximum Gasteiger partial charge on any atom is 0.0726 e. The number of hydrogen-bond donors (Lipinski definition) is 3. The van der Waals surface area contributed by atoms with Gasteiger partial charge >= 0.3 is 0 Å². The van der Waals surface area contributed by atoms with Crippen LogP contribution in [0.3, 0.4) is 0 Å². The van der Waals surface area contributed by atoms with Gasteiger partial charge in [0.25, 0.3) is 0 Å². The zero-order chi connectivity index (χ0) is 13.6. The third-order valence-electron chi connectivity index (χ3n) is 1.43. The van der Waals surface area contributed by atoms with Crippen molar-refractivity contribution in [2.45, 2.75) is 34.6 Å². The minimum absolute atomic E-state index is 0.0451. The monoisotopic (exact) mass is 237 g/mol. The fraction of sp³-hybridized carbons (Fsp3) is 0.909. The summed E-state index contributed by atoms with van der Waals surface area (Å²) in [6.45, 7) is 11.4. The number of carbonyl (C=O) groups is 1. The molecule has 0 atom stereocenters. The third kappa shape index (κ3) is 37.7. The number of aliphatic hydroxyl groups excluding tert-OH is 2. The first-order valence-electron chi connectivity index (χ1n) is 5.48. The van der Waals surface area contributed by atoms with Gasteiger partial charge in [-0.3, -0.25) is 0 Å². The van der Waals surface area contributed by atoms with Crippen LogP contribution in [-0.2, 0) is 4.79 Å². The molecule has 0 aliphatic carbocycles. The van der Waals surface area contributed by atoms with Gasteiger partial charge in [0.05, 0.1) is 26.3 Å². The molecule has 0 rings (SSSR count). The van der Waals surface area contributed by atoms with Gasteiger partial charge in [0, 0.05) is 11.4 Å². The zero-order valence-electron chi connectivity index (χ0n) is 11.1. The van der Waals surface area contributed by atoms with E-state index in [1.54, 1.807) is 13.8 Å². The topological polar surface area (TPSA) is 97.2 Å². The van der Waals surface area contributed by atoms with Gasteiger partial charge in [-0.1, -0.05) is 13.8 Å². The molecule has 0 aliphatic rings. The van der Waals surface area contributed by atoms with Gasteiger partial charge < -0.3 is 25.4 Å². The summed E-state index contributed by atoms with van der Waals surface area (Å²) in [5.41, 5.74) is -0.306. The van der Waals surface area contributed by atoms with Gasteiger partial charge in [-0.05, 0) is 20.8 Å². The molecule has 0 aromatic carbocycles. The van der Waals surface area contributed by atoms with Crippen LogP contribution >= 0.6 is 0 Å². The summed E-state index contributed by atoms with van der Waals surface area (Å²) in [7, 11) is 0. The Labute approximate surface area is 98.5 Å². The van der Waals surface area contributed by atoms with Crippen molar-refractivity contribution in [1.29, 1.82) is 0 Å². The molecule has 0 fully saturated rings. The smallest absolute Gasteiger partial charge is 0.0726 e. The number of aliphatic carboxylic acids is 1. The fourth-order valence-electron chi connectivity index (χ4n) is 0.339. The molecule has 0 bridgehead atoms. The lowest BCUT2D eigenvalue weighted by Crippen LogP contribution is -2.82. The summed E-state index contributed by atoms with van der Waals surface area (Å²) in [5.74, 6) is -1.08. The molecule has 0 heterocycles. The van der Waals surface area contributed by atoms with Crippen LogP contribution in [0.25, 0.3) is 0 Å². The molecule has 5 heteroatoms. The van der Waals surface area contributed by atoms with E-state index in [1.165, 1.54) is 13.1 Å². The Balaban J connectivity index is -0.000000166. The lowest BCUT2D eigenvalue weighted by atomic mass is 9.97. The second kappa shape index (κ2) is 14.3. The van der Waals surface area contributed by atoms with Crippen LogP contribution in [0.15, 0.2) is 0 Å². The molecule has 0 aromatic heterocycles. The summed E-state index contributed by atoms with van der Waals surface area (Å²) in [5, 5.41) is 28.0. The third-order valence-corrected chi connectivity index (χ3v) is 1.43. The van der Waals surface area contributed by atoms with Gasteiger partial charge in [-0.25, -0.2) is 0 Å². The SMILES string of the molecule is CC(=O)[O-].CC(C)(CO)CO.CC[NH2+]CC. The molecule has 0 saturated heterocycles. The Bertz CT molecular complexity index is 137. The number of quaternary nitrogens is 1. The van der Waals surface area contributed by atoms with Crippen molar-refractivity contribution < 1.29 is 25.4 Å². The van der Waals surface area contributed by atoms with Crippen molar-refractivity contribution in [1.82, 2.24) is 0 Å². The first kappa shape index (κ1) is 20.7. The van der Waals surface area contributed by atoms with Crippen molar-refractivity contribution >= 4 is 5.97 Å².